The van der Waals surface area contributed by atoms with E-state index in [-0.39, 0.29) is 18.3 Å². The van der Waals surface area contributed by atoms with Crippen LogP contribution < -0.4 is 5.32 Å². The monoisotopic (exact) mass is 369 g/mol. The zero-order chi connectivity index (χ0) is 17.3. The zero-order valence-electron chi connectivity index (χ0n) is 15.9. The molecule has 1 aromatic rings. The molecule has 1 amide bonds. The predicted molar refractivity (Wildman–Crippen MR) is 101 cm³/mol. The number of nitrogens with one attached hydrogen (secondary N) is 1. The highest BCUT2D eigenvalue weighted by molar-refractivity contribution is 5.93. The van der Waals surface area contributed by atoms with Gasteiger partial charge in [0.2, 0.25) is 0 Å². The predicted octanol–water partition coefficient (Wildman–Crippen LogP) is 2.83. The lowest BCUT2D eigenvalue weighted by Crippen LogP contribution is -2.41. The van der Waals surface area contributed by atoms with E-state index < -0.39 is 0 Å². The number of hydrogen-bond donors (Lipinski definition) is 1. The molecule has 2 aliphatic heterocycles. The van der Waals surface area contributed by atoms with Crippen molar-refractivity contribution in [1.29, 1.82) is 0 Å². The van der Waals surface area contributed by atoms with E-state index in [9.17, 15) is 4.79 Å². The van der Waals surface area contributed by atoms with Crippen LogP contribution >= 0.6 is 12.4 Å². The van der Waals surface area contributed by atoms with Gasteiger partial charge in [-0.25, -0.2) is 4.68 Å². The van der Waals surface area contributed by atoms with Crippen molar-refractivity contribution >= 4 is 18.3 Å². The maximum atomic E-state index is 12.9. The Kier molecular flexibility index (Phi) is 6.49. The molecule has 2 fully saturated rings. The average molecular weight is 370 g/mol. The zero-order valence-corrected chi connectivity index (χ0v) is 16.7. The highest BCUT2D eigenvalue weighted by atomic mass is 35.5. The highest BCUT2D eigenvalue weighted by Crippen LogP contribution is 2.34. The fourth-order valence-corrected chi connectivity index (χ4v) is 4.03. The van der Waals surface area contributed by atoms with Crippen molar-refractivity contribution < 1.29 is 4.79 Å². The van der Waals surface area contributed by atoms with Crippen molar-refractivity contribution in [3.63, 3.8) is 0 Å². The number of amides is 1. The summed E-state index contributed by atoms with van der Waals surface area (Å²) in [7, 11) is 0. The van der Waals surface area contributed by atoms with Crippen LogP contribution in [-0.4, -0.2) is 52.0 Å². The Hall–Kier alpha value is -1.14. The molecule has 0 spiro atoms. The van der Waals surface area contributed by atoms with Gasteiger partial charge in [-0.1, -0.05) is 26.0 Å². The van der Waals surface area contributed by atoms with E-state index in [1.807, 2.05) is 16.5 Å². The van der Waals surface area contributed by atoms with E-state index in [2.05, 4.69) is 36.4 Å². The Morgan fingerprint density at radius 3 is 2.28 bits per heavy atom. The molecule has 0 aromatic carbocycles. The van der Waals surface area contributed by atoms with Gasteiger partial charge in [0.15, 0.2) is 5.69 Å². The summed E-state index contributed by atoms with van der Waals surface area (Å²) >= 11 is 0. The van der Waals surface area contributed by atoms with Gasteiger partial charge in [-0.2, -0.15) is 0 Å². The average Bonchev–Trinajstić information content (AvgIpc) is 2.96. The lowest BCUT2D eigenvalue weighted by atomic mass is 9.75. The van der Waals surface area contributed by atoms with Crippen LogP contribution in [0.25, 0.3) is 0 Å². The molecule has 6 nitrogen and oxygen atoms in total. The van der Waals surface area contributed by atoms with Gasteiger partial charge >= 0.3 is 0 Å². The SMILES string of the molecule is Cc1c(C(=O)N2CCC(C(C)(C)C)CC2)nnn1C1CCNCC1.Cl. The van der Waals surface area contributed by atoms with E-state index in [0.717, 1.165) is 57.6 Å². The summed E-state index contributed by atoms with van der Waals surface area (Å²) in [5.41, 5.74) is 1.79. The number of aromatic nitrogens is 3. The summed E-state index contributed by atoms with van der Waals surface area (Å²) in [6.45, 7) is 12.6. The van der Waals surface area contributed by atoms with Gasteiger partial charge in [-0.05, 0) is 57.0 Å². The smallest absolute Gasteiger partial charge is 0.276 e. The molecule has 0 aliphatic carbocycles. The normalized spacial score (nSPS) is 20.4. The van der Waals surface area contributed by atoms with Crippen molar-refractivity contribution in [3.8, 4) is 0 Å². The van der Waals surface area contributed by atoms with Gasteiger partial charge in [-0.15, -0.1) is 17.5 Å². The van der Waals surface area contributed by atoms with Crippen LogP contribution in [-0.2, 0) is 0 Å². The Bertz CT molecular complexity index is 581. The molecule has 0 atom stereocenters. The number of piperidine rings is 2. The molecule has 142 valence electrons. The number of carbonyl (C=O) groups excluding carboxylic acids is 1. The Morgan fingerprint density at radius 2 is 1.72 bits per heavy atom. The number of nitrogens with zero attached hydrogens (tertiary/aromatic N) is 4. The minimum Gasteiger partial charge on any atom is -0.337 e. The molecule has 3 rings (SSSR count). The van der Waals surface area contributed by atoms with Crippen LogP contribution in [0.4, 0.5) is 0 Å². The molecule has 7 heteroatoms. The molecule has 2 saturated heterocycles. The Labute approximate surface area is 157 Å². The topological polar surface area (TPSA) is 63.1 Å². The van der Waals surface area contributed by atoms with Gasteiger partial charge in [0.05, 0.1) is 11.7 Å². The van der Waals surface area contributed by atoms with E-state index >= 15 is 0 Å². The van der Waals surface area contributed by atoms with Gasteiger partial charge in [0.1, 0.15) is 0 Å². The molecular weight excluding hydrogens is 338 g/mol. The summed E-state index contributed by atoms with van der Waals surface area (Å²) in [6, 6.07) is 0.368. The molecule has 0 radical (unpaired) electrons. The maximum Gasteiger partial charge on any atom is 0.276 e. The second-order valence-electron chi connectivity index (χ2n) is 8.38. The van der Waals surface area contributed by atoms with Gasteiger partial charge in [0.25, 0.3) is 5.91 Å². The summed E-state index contributed by atoms with van der Waals surface area (Å²) < 4.78 is 1.97. The van der Waals surface area contributed by atoms with Crippen LogP contribution in [0.15, 0.2) is 0 Å². The van der Waals surface area contributed by atoms with Crippen molar-refractivity contribution in [2.45, 2.75) is 59.4 Å². The van der Waals surface area contributed by atoms with Crippen LogP contribution in [0.1, 0.15) is 68.7 Å². The number of hydrogen-bond acceptors (Lipinski definition) is 4. The second-order valence-corrected chi connectivity index (χ2v) is 8.38. The molecule has 1 aromatic heterocycles. The van der Waals surface area contributed by atoms with Crippen LogP contribution in [0.3, 0.4) is 0 Å². The summed E-state index contributed by atoms with van der Waals surface area (Å²) in [5, 5.41) is 11.9. The first-order chi connectivity index (χ1) is 11.4. The van der Waals surface area contributed by atoms with E-state index in [4.69, 9.17) is 0 Å². The van der Waals surface area contributed by atoms with Gasteiger partial charge in [0, 0.05) is 13.1 Å². The maximum absolute atomic E-state index is 12.9. The third kappa shape index (κ3) is 4.34. The first-order valence-electron chi connectivity index (χ1n) is 9.29. The van der Waals surface area contributed by atoms with E-state index in [0.29, 0.717) is 23.1 Å². The molecule has 2 aliphatic rings. The highest BCUT2D eigenvalue weighted by Gasteiger charge is 2.32. The molecule has 0 saturated carbocycles. The van der Waals surface area contributed by atoms with Crippen molar-refractivity contribution in [1.82, 2.24) is 25.2 Å². The number of likely N-dealkylation sites (tertiary alicyclic amines) is 1. The fourth-order valence-electron chi connectivity index (χ4n) is 4.03. The molecular formula is C18H32ClN5O. The number of rotatable bonds is 2. The number of halogens is 1. The minimum atomic E-state index is 0. The summed E-state index contributed by atoms with van der Waals surface area (Å²) in [6.07, 6.45) is 4.26. The Balaban J connectivity index is 0.00000225. The number of carbonyl (C=O) groups is 1. The second kappa shape index (κ2) is 8.04. The first-order valence-corrected chi connectivity index (χ1v) is 9.29. The molecule has 0 unspecified atom stereocenters. The summed E-state index contributed by atoms with van der Waals surface area (Å²) in [5.74, 6) is 0.744. The Morgan fingerprint density at radius 1 is 1.12 bits per heavy atom. The van der Waals surface area contributed by atoms with Crippen molar-refractivity contribution in [2.75, 3.05) is 26.2 Å². The van der Waals surface area contributed by atoms with Gasteiger partial charge < -0.3 is 10.2 Å². The van der Waals surface area contributed by atoms with Crippen LogP contribution in [0.2, 0.25) is 0 Å². The third-order valence-electron chi connectivity index (χ3n) is 5.79. The molecule has 25 heavy (non-hydrogen) atoms. The third-order valence-corrected chi connectivity index (χ3v) is 5.79. The van der Waals surface area contributed by atoms with Crippen molar-refractivity contribution in [2.24, 2.45) is 11.3 Å². The van der Waals surface area contributed by atoms with Crippen LogP contribution in [0.5, 0.6) is 0 Å². The summed E-state index contributed by atoms with van der Waals surface area (Å²) in [4.78, 5) is 14.8. The first kappa shape index (κ1) is 20.2. The lowest BCUT2D eigenvalue weighted by molar-refractivity contribution is 0.0602. The van der Waals surface area contributed by atoms with Crippen molar-refractivity contribution in [3.05, 3.63) is 11.4 Å². The minimum absolute atomic E-state index is 0. The lowest BCUT2D eigenvalue weighted by Gasteiger charge is -2.38. The van der Waals surface area contributed by atoms with E-state index in [1.165, 1.54) is 0 Å². The van der Waals surface area contributed by atoms with Crippen LogP contribution in [0, 0.1) is 18.3 Å². The van der Waals surface area contributed by atoms with Gasteiger partial charge in [-0.3, -0.25) is 4.79 Å². The molecule has 1 N–H and O–H groups in total. The molecule has 3 heterocycles. The van der Waals surface area contributed by atoms with E-state index in [1.54, 1.807) is 0 Å². The quantitative estimate of drug-likeness (QED) is 0.870. The molecule has 0 bridgehead atoms. The largest absolute Gasteiger partial charge is 0.337 e. The fraction of sp³-hybridized carbons (Fsp3) is 0.833. The standard InChI is InChI=1S/C18H31N5O.ClH/c1-13-16(20-21-23(13)15-5-9-19-10-6-15)17(24)22-11-7-14(8-12-22)18(2,3)4;/h14-15,19H,5-12H2,1-4H3;1H.